The second-order valence-corrected chi connectivity index (χ2v) is 3.32. The fourth-order valence-electron chi connectivity index (χ4n) is 1.44. The van der Waals surface area contributed by atoms with E-state index in [4.69, 9.17) is 4.74 Å². The number of aromatic hydroxyl groups is 1. The Morgan fingerprint density at radius 1 is 1.50 bits per heavy atom. The van der Waals surface area contributed by atoms with Crippen LogP contribution in [0.25, 0.3) is 12.7 Å². The summed E-state index contributed by atoms with van der Waals surface area (Å²) in [6.45, 7) is 5.48. The van der Waals surface area contributed by atoms with Gasteiger partial charge in [-0.2, -0.15) is 0 Å². The van der Waals surface area contributed by atoms with Crippen LogP contribution in [-0.2, 0) is 6.61 Å². The summed E-state index contributed by atoms with van der Waals surface area (Å²) in [7, 11) is 1.47. The van der Waals surface area contributed by atoms with Gasteiger partial charge in [-0.3, -0.25) is 0 Å². The Bertz CT molecular complexity index is 501. The van der Waals surface area contributed by atoms with Gasteiger partial charge in [0.1, 0.15) is 0 Å². The molecule has 0 unspecified atom stereocenters. The highest BCUT2D eigenvalue weighted by Gasteiger charge is 2.08. The molecule has 1 aromatic carbocycles. The summed E-state index contributed by atoms with van der Waals surface area (Å²) in [5, 5.41) is 20.4. The number of ether oxygens (including phenoxy) is 1. The van der Waals surface area contributed by atoms with E-state index in [0.717, 1.165) is 5.22 Å². The molecule has 0 amide bonds. The van der Waals surface area contributed by atoms with E-state index >= 15 is 0 Å². The van der Waals surface area contributed by atoms with Crippen molar-refractivity contribution < 1.29 is 14.9 Å². The van der Waals surface area contributed by atoms with Crippen molar-refractivity contribution in [3.05, 3.63) is 34.2 Å². The van der Waals surface area contributed by atoms with Crippen LogP contribution < -0.4 is 15.2 Å². The number of rotatable bonds is 3. The standard InChI is InChI=1S/C13H16O3/c1-4-5-6-10-7-12(16-3)13(15)11(8-14)9(10)2/h4-7,14-15H,2,8H2,1,3H3/b5-4-,10-6-. The molecule has 0 aliphatic carbocycles. The van der Waals surface area contributed by atoms with Gasteiger partial charge in [-0.1, -0.05) is 24.8 Å². The molecule has 0 aliphatic rings. The van der Waals surface area contributed by atoms with E-state index in [1.165, 1.54) is 7.11 Å². The van der Waals surface area contributed by atoms with Gasteiger partial charge in [-0.25, -0.2) is 0 Å². The van der Waals surface area contributed by atoms with Crippen molar-refractivity contribution in [1.29, 1.82) is 0 Å². The topological polar surface area (TPSA) is 49.7 Å². The van der Waals surface area contributed by atoms with Gasteiger partial charge in [0.25, 0.3) is 0 Å². The van der Waals surface area contributed by atoms with Crippen molar-refractivity contribution >= 4 is 12.7 Å². The van der Waals surface area contributed by atoms with E-state index in [2.05, 4.69) is 6.58 Å². The number of hydrogen-bond donors (Lipinski definition) is 2. The quantitative estimate of drug-likeness (QED) is 0.786. The van der Waals surface area contributed by atoms with Crippen LogP contribution in [-0.4, -0.2) is 17.3 Å². The van der Waals surface area contributed by atoms with Crippen molar-refractivity contribution in [1.82, 2.24) is 0 Å². The van der Waals surface area contributed by atoms with Crippen LogP contribution in [0.15, 0.2) is 18.2 Å². The number of phenols is 1. The highest BCUT2D eigenvalue weighted by Crippen LogP contribution is 2.25. The van der Waals surface area contributed by atoms with E-state index in [0.29, 0.717) is 16.5 Å². The van der Waals surface area contributed by atoms with E-state index in [1.54, 1.807) is 6.07 Å². The summed E-state index contributed by atoms with van der Waals surface area (Å²) in [5.74, 6) is 0.292. The maximum atomic E-state index is 9.76. The number of hydrogen-bond acceptors (Lipinski definition) is 3. The number of benzene rings is 1. The second-order valence-electron chi connectivity index (χ2n) is 3.32. The molecule has 0 saturated carbocycles. The lowest BCUT2D eigenvalue weighted by Gasteiger charge is -2.08. The first-order valence-electron chi connectivity index (χ1n) is 4.97. The number of aliphatic hydroxyl groups is 1. The van der Waals surface area contributed by atoms with Crippen LogP contribution in [0.1, 0.15) is 12.5 Å². The maximum absolute atomic E-state index is 9.76. The Morgan fingerprint density at radius 3 is 2.69 bits per heavy atom. The van der Waals surface area contributed by atoms with E-state index in [1.807, 2.05) is 25.2 Å². The lowest BCUT2D eigenvalue weighted by molar-refractivity contribution is 0.271. The zero-order valence-corrected chi connectivity index (χ0v) is 9.53. The van der Waals surface area contributed by atoms with Crippen LogP contribution in [0.5, 0.6) is 11.5 Å². The molecule has 86 valence electrons. The van der Waals surface area contributed by atoms with Crippen molar-refractivity contribution in [3.63, 3.8) is 0 Å². The minimum absolute atomic E-state index is 0.0485. The van der Waals surface area contributed by atoms with Gasteiger partial charge in [-0.05, 0) is 23.4 Å². The minimum Gasteiger partial charge on any atom is -0.504 e. The zero-order chi connectivity index (χ0) is 12.1. The highest BCUT2D eigenvalue weighted by atomic mass is 16.5. The normalized spacial score (nSPS) is 12.3. The molecule has 3 nitrogen and oxygen atoms in total. The van der Waals surface area contributed by atoms with Crippen molar-refractivity contribution in [3.8, 4) is 11.5 Å². The van der Waals surface area contributed by atoms with E-state index < -0.39 is 0 Å². The molecule has 0 radical (unpaired) electrons. The molecule has 0 aliphatic heterocycles. The molecule has 3 heteroatoms. The van der Waals surface area contributed by atoms with Gasteiger partial charge in [0.2, 0.25) is 0 Å². The monoisotopic (exact) mass is 220 g/mol. The molecular weight excluding hydrogens is 204 g/mol. The van der Waals surface area contributed by atoms with Crippen molar-refractivity contribution in [2.75, 3.05) is 7.11 Å². The summed E-state index contributed by atoms with van der Waals surface area (Å²) in [5.41, 5.74) is 0.398. The molecular formula is C13H16O3. The predicted molar refractivity (Wildman–Crippen MR) is 64.6 cm³/mol. The van der Waals surface area contributed by atoms with Crippen LogP contribution >= 0.6 is 0 Å². The predicted octanol–water partition coefficient (Wildman–Crippen LogP) is 0.660. The third-order valence-corrected chi connectivity index (χ3v) is 2.36. The van der Waals surface area contributed by atoms with Gasteiger partial charge in [-0.15, -0.1) is 0 Å². The summed E-state index contributed by atoms with van der Waals surface area (Å²) >= 11 is 0. The van der Waals surface area contributed by atoms with Crippen LogP contribution in [0, 0.1) is 0 Å². The molecule has 0 bridgehead atoms. The SMILES string of the molecule is C=c1c(CO)c(O)c(OC)c/c1=C/C=C\C. The first kappa shape index (κ1) is 12.3. The molecule has 16 heavy (non-hydrogen) atoms. The molecule has 0 fully saturated rings. The molecule has 0 spiro atoms. The summed E-state index contributed by atoms with van der Waals surface area (Å²) in [6.07, 6.45) is 5.60. The fourth-order valence-corrected chi connectivity index (χ4v) is 1.44. The first-order valence-corrected chi connectivity index (χ1v) is 4.97. The Hall–Kier alpha value is -1.74. The summed E-state index contributed by atoms with van der Waals surface area (Å²) in [6, 6.07) is 1.69. The van der Waals surface area contributed by atoms with Crippen molar-refractivity contribution in [2.24, 2.45) is 0 Å². The third kappa shape index (κ3) is 2.25. The number of methoxy groups -OCH3 is 1. The molecule has 0 aromatic heterocycles. The lowest BCUT2D eigenvalue weighted by Crippen LogP contribution is -2.27. The van der Waals surface area contributed by atoms with Gasteiger partial charge in [0, 0.05) is 5.56 Å². The summed E-state index contributed by atoms with van der Waals surface area (Å²) < 4.78 is 5.03. The largest absolute Gasteiger partial charge is 0.504 e. The van der Waals surface area contributed by atoms with Gasteiger partial charge < -0.3 is 14.9 Å². The lowest BCUT2D eigenvalue weighted by atomic mass is 10.1. The maximum Gasteiger partial charge on any atom is 0.163 e. The van der Waals surface area contributed by atoms with E-state index in [-0.39, 0.29) is 12.4 Å². The second kappa shape index (κ2) is 5.37. The van der Waals surface area contributed by atoms with Gasteiger partial charge in [0.15, 0.2) is 11.5 Å². The minimum atomic E-state index is -0.265. The molecule has 0 heterocycles. The Labute approximate surface area is 94.6 Å². The number of allylic oxidation sites excluding steroid dienone is 2. The van der Waals surface area contributed by atoms with Crippen LogP contribution in [0.3, 0.4) is 0 Å². The molecule has 2 N–H and O–H groups in total. The molecule has 1 rings (SSSR count). The summed E-state index contributed by atoms with van der Waals surface area (Å²) in [4.78, 5) is 0. The van der Waals surface area contributed by atoms with Crippen LogP contribution in [0.2, 0.25) is 0 Å². The number of aliphatic hydroxyl groups excluding tert-OH is 1. The van der Waals surface area contributed by atoms with Crippen LogP contribution in [0.4, 0.5) is 0 Å². The Kier molecular flexibility index (Phi) is 4.14. The average molecular weight is 220 g/mol. The average Bonchev–Trinajstić information content (AvgIpc) is 2.29. The Morgan fingerprint density at radius 2 is 2.19 bits per heavy atom. The fraction of sp³-hybridized carbons (Fsp3) is 0.231. The smallest absolute Gasteiger partial charge is 0.163 e. The molecule has 0 atom stereocenters. The Balaban J connectivity index is 3.59. The first-order chi connectivity index (χ1) is 7.65. The van der Waals surface area contributed by atoms with Crippen molar-refractivity contribution in [2.45, 2.75) is 13.5 Å². The third-order valence-electron chi connectivity index (χ3n) is 2.36. The zero-order valence-electron chi connectivity index (χ0n) is 9.53. The van der Waals surface area contributed by atoms with E-state index in [9.17, 15) is 10.2 Å². The van der Waals surface area contributed by atoms with Gasteiger partial charge in [0.05, 0.1) is 13.7 Å². The molecule has 0 saturated heterocycles. The molecule has 1 aromatic rings. The highest BCUT2D eigenvalue weighted by molar-refractivity contribution is 5.51. The van der Waals surface area contributed by atoms with Gasteiger partial charge >= 0.3 is 0 Å².